The summed E-state index contributed by atoms with van der Waals surface area (Å²) in [5.74, 6) is 0.421. The van der Waals surface area contributed by atoms with Gasteiger partial charge in [0, 0.05) is 18.2 Å². The number of carbonyl (C=O) groups excluding carboxylic acids is 1. The van der Waals surface area contributed by atoms with Crippen molar-refractivity contribution in [3.05, 3.63) is 36.1 Å². The molecule has 62 valence electrons. The molecule has 1 N–H and O–H groups in total. The highest BCUT2D eigenvalue weighted by Crippen LogP contribution is 2.25. The van der Waals surface area contributed by atoms with Crippen LogP contribution in [-0.2, 0) is 4.79 Å². The number of hydrogen-bond donors (Lipinski definition) is 1. The first-order valence-electron chi connectivity index (χ1n) is 4.21. The topological polar surface area (TPSA) is 29.1 Å². The fourth-order valence-electron chi connectivity index (χ4n) is 1.59. The second-order valence-corrected chi connectivity index (χ2v) is 3.10. The molecule has 0 aromatic rings. The lowest BCUT2D eigenvalue weighted by Gasteiger charge is -2.15. The zero-order valence-corrected chi connectivity index (χ0v) is 6.79. The Balaban J connectivity index is 2.34. The molecule has 0 spiro atoms. The minimum absolute atomic E-state index is 0.0182. The molecule has 1 heterocycles. The summed E-state index contributed by atoms with van der Waals surface area (Å²) in [6.07, 6.45) is 11.9. The summed E-state index contributed by atoms with van der Waals surface area (Å²) in [6, 6.07) is 0. The largest absolute Gasteiger partial charge is 0.329 e. The molecule has 0 aromatic heterocycles. The lowest BCUT2D eigenvalue weighted by molar-refractivity contribution is -0.115. The van der Waals surface area contributed by atoms with Crippen LogP contribution in [0.2, 0.25) is 0 Å². The van der Waals surface area contributed by atoms with Crippen LogP contribution >= 0.6 is 0 Å². The molecule has 0 saturated carbocycles. The van der Waals surface area contributed by atoms with Crippen molar-refractivity contribution in [2.75, 3.05) is 0 Å². The predicted octanol–water partition coefficient (Wildman–Crippen LogP) is 1.52. The number of fused-ring (bicyclic) bond motifs is 1. The fraction of sp³-hybridized carbons (Fsp3) is 0.300. The van der Waals surface area contributed by atoms with Crippen LogP contribution in [0.5, 0.6) is 0 Å². The molecule has 0 bridgehead atoms. The molecule has 1 aliphatic carbocycles. The first kappa shape index (κ1) is 7.35. The van der Waals surface area contributed by atoms with Crippen molar-refractivity contribution < 1.29 is 4.79 Å². The van der Waals surface area contributed by atoms with E-state index in [4.69, 9.17) is 0 Å². The van der Waals surface area contributed by atoms with E-state index in [0.29, 0.717) is 5.92 Å². The van der Waals surface area contributed by atoms with E-state index in [9.17, 15) is 4.79 Å². The Morgan fingerprint density at radius 1 is 1.50 bits per heavy atom. The van der Waals surface area contributed by atoms with Crippen molar-refractivity contribution in [1.29, 1.82) is 0 Å². The highest BCUT2D eigenvalue weighted by molar-refractivity contribution is 5.90. The third-order valence-corrected chi connectivity index (χ3v) is 2.23. The number of nitrogens with one attached hydrogen (secondary N) is 1. The van der Waals surface area contributed by atoms with Gasteiger partial charge in [0.25, 0.3) is 0 Å². The van der Waals surface area contributed by atoms with E-state index < -0.39 is 0 Å². The first-order chi connectivity index (χ1) is 5.86. The van der Waals surface area contributed by atoms with Gasteiger partial charge in [-0.3, -0.25) is 4.79 Å². The van der Waals surface area contributed by atoms with Crippen molar-refractivity contribution in [1.82, 2.24) is 5.32 Å². The molecule has 1 amide bonds. The normalized spacial score (nSPS) is 27.2. The molecule has 1 unspecified atom stereocenters. The highest BCUT2D eigenvalue weighted by atomic mass is 16.1. The molecule has 2 aliphatic rings. The van der Waals surface area contributed by atoms with E-state index in [1.54, 1.807) is 12.3 Å². The van der Waals surface area contributed by atoms with Crippen LogP contribution in [0.4, 0.5) is 0 Å². The first-order valence-corrected chi connectivity index (χ1v) is 4.21. The van der Waals surface area contributed by atoms with Crippen LogP contribution in [0.15, 0.2) is 36.1 Å². The zero-order valence-electron chi connectivity index (χ0n) is 6.79. The van der Waals surface area contributed by atoms with Crippen LogP contribution in [0.1, 0.15) is 12.8 Å². The maximum absolute atomic E-state index is 11.1. The van der Waals surface area contributed by atoms with Gasteiger partial charge in [-0.1, -0.05) is 18.2 Å². The minimum Gasteiger partial charge on any atom is -0.329 e. The van der Waals surface area contributed by atoms with Gasteiger partial charge in [0.05, 0.1) is 0 Å². The average Bonchev–Trinajstić information content (AvgIpc) is 2.25. The molecule has 0 aromatic carbocycles. The van der Waals surface area contributed by atoms with Gasteiger partial charge >= 0.3 is 0 Å². The van der Waals surface area contributed by atoms with Gasteiger partial charge < -0.3 is 5.32 Å². The van der Waals surface area contributed by atoms with E-state index in [0.717, 1.165) is 18.4 Å². The number of amides is 1. The van der Waals surface area contributed by atoms with Gasteiger partial charge in [0.1, 0.15) is 0 Å². The number of carbonyl (C=O) groups is 1. The summed E-state index contributed by atoms with van der Waals surface area (Å²) in [4.78, 5) is 11.1. The van der Waals surface area contributed by atoms with Crippen molar-refractivity contribution in [3.63, 3.8) is 0 Å². The average molecular weight is 161 g/mol. The SMILES string of the molecule is O=C1C=C2C=CCCC2C=CN1. The smallest absolute Gasteiger partial charge is 0.248 e. The Kier molecular flexibility index (Phi) is 1.82. The molecular formula is C10H11NO. The maximum atomic E-state index is 11.1. The van der Waals surface area contributed by atoms with Gasteiger partial charge in [-0.15, -0.1) is 0 Å². The summed E-state index contributed by atoms with van der Waals surface area (Å²) in [6.45, 7) is 0. The molecule has 0 saturated heterocycles. The van der Waals surface area contributed by atoms with Crippen molar-refractivity contribution in [3.8, 4) is 0 Å². The Labute approximate surface area is 71.7 Å². The Hall–Kier alpha value is -1.31. The van der Waals surface area contributed by atoms with Gasteiger partial charge in [0.2, 0.25) is 5.91 Å². The second-order valence-electron chi connectivity index (χ2n) is 3.10. The summed E-state index contributed by atoms with van der Waals surface area (Å²) >= 11 is 0. The van der Waals surface area contributed by atoms with E-state index in [-0.39, 0.29) is 5.91 Å². The summed E-state index contributed by atoms with van der Waals surface area (Å²) in [5.41, 5.74) is 1.13. The molecule has 0 fully saturated rings. The molecule has 1 atom stereocenters. The van der Waals surface area contributed by atoms with Crippen LogP contribution < -0.4 is 5.32 Å². The summed E-state index contributed by atoms with van der Waals surface area (Å²) < 4.78 is 0. The monoisotopic (exact) mass is 161 g/mol. The van der Waals surface area contributed by atoms with Gasteiger partial charge in [-0.05, 0) is 18.4 Å². The molecule has 12 heavy (non-hydrogen) atoms. The summed E-state index contributed by atoms with van der Waals surface area (Å²) in [5, 5.41) is 2.67. The molecule has 2 heteroatoms. The number of hydrogen-bond acceptors (Lipinski definition) is 1. The van der Waals surface area contributed by atoms with Crippen LogP contribution in [0.25, 0.3) is 0 Å². The minimum atomic E-state index is -0.0182. The van der Waals surface area contributed by atoms with Crippen molar-refractivity contribution in [2.45, 2.75) is 12.8 Å². The zero-order chi connectivity index (χ0) is 8.39. The van der Waals surface area contributed by atoms with Crippen LogP contribution in [-0.4, -0.2) is 5.91 Å². The lowest BCUT2D eigenvalue weighted by Crippen LogP contribution is -2.12. The molecule has 0 radical (unpaired) electrons. The quantitative estimate of drug-likeness (QED) is 0.573. The molecule has 1 aliphatic heterocycles. The molecule has 2 nitrogen and oxygen atoms in total. The van der Waals surface area contributed by atoms with Gasteiger partial charge in [-0.2, -0.15) is 0 Å². The van der Waals surface area contributed by atoms with E-state index in [2.05, 4.69) is 17.5 Å². The van der Waals surface area contributed by atoms with Crippen LogP contribution in [0, 0.1) is 5.92 Å². The van der Waals surface area contributed by atoms with E-state index in [1.165, 1.54) is 0 Å². The molecule has 2 rings (SSSR count). The van der Waals surface area contributed by atoms with E-state index in [1.807, 2.05) is 6.08 Å². The number of rotatable bonds is 0. The van der Waals surface area contributed by atoms with E-state index >= 15 is 0 Å². The Bertz CT molecular complexity index is 286. The summed E-state index contributed by atoms with van der Waals surface area (Å²) in [7, 11) is 0. The highest BCUT2D eigenvalue weighted by Gasteiger charge is 2.15. The number of allylic oxidation sites excluding steroid dienone is 4. The lowest BCUT2D eigenvalue weighted by atomic mass is 9.89. The third-order valence-electron chi connectivity index (χ3n) is 2.23. The standard InChI is InChI=1S/C10H11NO/c12-10-7-9-4-2-1-3-8(9)5-6-11-10/h2,4-8H,1,3H2,(H,11,12). The molecular weight excluding hydrogens is 150 g/mol. The Morgan fingerprint density at radius 2 is 2.42 bits per heavy atom. The van der Waals surface area contributed by atoms with Gasteiger partial charge in [0.15, 0.2) is 0 Å². The predicted molar refractivity (Wildman–Crippen MR) is 47.2 cm³/mol. The van der Waals surface area contributed by atoms with Crippen molar-refractivity contribution in [2.24, 2.45) is 5.92 Å². The maximum Gasteiger partial charge on any atom is 0.248 e. The Morgan fingerprint density at radius 3 is 3.33 bits per heavy atom. The van der Waals surface area contributed by atoms with Gasteiger partial charge in [-0.25, -0.2) is 0 Å². The fourth-order valence-corrected chi connectivity index (χ4v) is 1.59. The van der Waals surface area contributed by atoms with Crippen LogP contribution in [0.3, 0.4) is 0 Å². The second kappa shape index (κ2) is 2.97. The van der Waals surface area contributed by atoms with Crippen molar-refractivity contribution >= 4 is 5.91 Å². The third kappa shape index (κ3) is 1.33.